The molecule has 5 nitrogen and oxygen atoms in total. The SMILES string of the molecule is O=C(O)C1CC2CCCCC2N1C(=O)c1cccc2cc[nH]c12. The summed E-state index contributed by atoms with van der Waals surface area (Å²) in [6.07, 6.45) is 6.56. The molecule has 2 aliphatic rings. The molecule has 1 aromatic carbocycles. The summed E-state index contributed by atoms with van der Waals surface area (Å²) < 4.78 is 0. The van der Waals surface area contributed by atoms with Gasteiger partial charge in [0.05, 0.1) is 11.1 Å². The molecule has 0 bridgehead atoms. The number of carbonyl (C=O) groups is 2. The number of aromatic amines is 1. The first-order valence-electron chi connectivity index (χ1n) is 8.28. The van der Waals surface area contributed by atoms with Crippen LogP contribution in [-0.4, -0.2) is 39.0 Å². The van der Waals surface area contributed by atoms with Crippen molar-refractivity contribution in [3.05, 3.63) is 36.0 Å². The number of hydrogen-bond acceptors (Lipinski definition) is 2. The second-order valence-corrected chi connectivity index (χ2v) is 6.66. The highest BCUT2D eigenvalue weighted by Gasteiger charge is 2.47. The molecule has 1 saturated carbocycles. The molecule has 0 spiro atoms. The van der Waals surface area contributed by atoms with Gasteiger partial charge in [0.1, 0.15) is 6.04 Å². The quantitative estimate of drug-likeness (QED) is 0.895. The van der Waals surface area contributed by atoms with Crippen molar-refractivity contribution in [1.82, 2.24) is 9.88 Å². The fourth-order valence-corrected chi connectivity index (χ4v) is 4.37. The lowest BCUT2D eigenvalue weighted by molar-refractivity contribution is -0.141. The van der Waals surface area contributed by atoms with Gasteiger partial charge in [0.15, 0.2) is 0 Å². The van der Waals surface area contributed by atoms with E-state index < -0.39 is 12.0 Å². The van der Waals surface area contributed by atoms with Gasteiger partial charge < -0.3 is 15.0 Å². The fourth-order valence-electron chi connectivity index (χ4n) is 4.37. The molecule has 1 aliphatic carbocycles. The molecule has 1 saturated heterocycles. The van der Waals surface area contributed by atoms with Gasteiger partial charge >= 0.3 is 5.97 Å². The minimum absolute atomic E-state index is 0.0718. The second kappa shape index (κ2) is 5.41. The van der Waals surface area contributed by atoms with Gasteiger partial charge in [-0.25, -0.2) is 4.79 Å². The number of benzene rings is 1. The van der Waals surface area contributed by atoms with Crippen molar-refractivity contribution in [2.24, 2.45) is 5.92 Å². The summed E-state index contributed by atoms with van der Waals surface area (Å²) >= 11 is 0. The Morgan fingerprint density at radius 2 is 2.00 bits per heavy atom. The van der Waals surface area contributed by atoms with Gasteiger partial charge in [-0.05, 0) is 37.3 Å². The van der Waals surface area contributed by atoms with Crippen LogP contribution in [0.5, 0.6) is 0 Å². The molecule has 2 heterocycles. The topological polar surface area (TPSA) is 73.4 Å². The van der Waals surface area contributed by atoms with Crippen molar-refractivity contribution in [3.63, 3.8) is 0 Å². The van der Waals surface area contributed by atoms with Gasteiger partial charge in [-0.2, -0.15) is 0 Å². The van der Waals surface area contributed by atoms with E-state index in [1.54, 1.807) is 11.0 Å². The summed E-state index contributed by atoms with van der Waals surface area (Å²) in [5.41, 5.74) is 1.37. The van der Waals surface area contributed by atoms with Gasteiger partial charge in [0, 0.05) is 17.6 Å². The Morgan fingerprint density at radius 1 is 1.17 bits per heavy atom. The number of fused-ring (bicyclic) bond motifs is 2. The maximum atomic E-state index is 13.2. The summed E-state index contributed by atoms with van der Waals surface area (Å²) in [4.78, 5) is 29.6. The summed E-state index contributed by atoms with van der Waals surface area (Å²) in [5.74, 6) is -0.706. The molecule has 2 fully saturated rings. The fraction of sp³-hybridized carbons (Fsp3) is 0.444. The summed E-state index contributed by atoms with van der Waals surface area (Å²) in [7, 11) is 0. The van der Waals surface area contributed by atoms with Crippen LogP contribution in [0.4, 0.5) is 0 Å². The number of hydrogen-bond donors (Lipinski definition) is 2. The third-order valence-corrected chi connectivity index (χ3v) is 5.43. The first-order valence-corrected chi connectivity index (χ1v) is 8.28. The van der Waals surface area contributed by atoms with Crippen LogP contribution in [0, 0.1) is 5.92 Å². The van der Waals surface area contributed by atoms with E-state index in [4.69, 9.17) is 0 Å². The number of aliphatic carboxylic acids is 1. The molecule has 3 atom stereocenters. The van der Waals surface area contributed by atoms with Crippen LogP contribution in [0.15, 0.2) is 30.5 Å². The van der Waals surface area contributed by atoms with Crippen LogP contribution < -0.4 is 0 Å². The second-order valence-electron chi connectivity index (χ2n) is 6.66. The lowest BCUT2D eigenvalue weighted by Crippen LogP contribution is -2.46. The molecule has 1 amide bonds. The number of nitrogens with zero attached hydrogens (tertiary/aromatic N) is 1. The van der Waals surface area contributed by atoms with Crippen LogP contribution in [-0.2, 0) is 4.79 Å². The van der Waals surface area contributed by atoms with Gasteiger partial charge in [0.25, 0.3) is 5.91 Å². The Bertz CT molecular complexity index is 766. The molecule has 2 aromatic rings. The van der Waals surface area contributed by atoms with Gasteiger partial charge in [-0.3, -0.25) is 4.79 Å². The first-order chi connectivity index (χ1) is 11.2. The number of nitrogens with one attached hydrogen (secondary N) is 1. The smallest absolute Gasteiger partial charge is 0.326 e. The van der Waals surface area contributed by atoms with E-state index in [1.807, 2.05) is 24.4 Å². The molecular weight excluding hydrogens is 292 g/mol. The van der Waals surface area contributed by atoms with Crippen molar-refractivity contribution in [1.29, 1.82) is 0 Å². The number of para-hydroxylation sites is 1. The standard InChI is InChI=1S/C18H20N2O3/c21-17(13-6-3-5-11-8-9-19-16(11)13)20-14-7-2-1-4-12(14)10-15(20)18(22)23/h3,5-6,8-9,12,14-15,19H,1-2,4,7,10H2,(H,22,23). The molecule has 3 unspecified atom stereocenters. The van der Waals surface area contributed by atoms with E-state index in [1.165, 1.54) is 0 Å². The van der Waals surface area contributed by atoms with E-state index in [0.29, 0.717) is 17.9 Å². The number of carboxylic acid groups (broad SMARTS) is 1. The molecular formula is C18H20N2O3. The van der Waals surface area contributed by atoms with E-state index >= 15 is 0 Å². The minimum Gasteiger partial charge on any atom is -0.480 e. The molecule has 1 aliphatic heterocycles. The van der Waals surface area contributed by atoms with Gasteiger partial charge in [0.2, 0.25) is 0 Å². The summed E-state index contributed by atoms with van der Waals surface area (Å²) in [6.45, 7) is 0. The Hall–Kier alpha value is -2.30. The lowest BCUT2D eigenvalue weighted by Gasteiger charge is -2.33. The Kier molecular flexibility index (Phi) is 3.36. The third kappa shape index (κ3) is 2.22. The van der Waals surface area contributed by atoms with Crippen LogP contribution in [0.2, 0.25) is 0 Å². The van der Waals surface area contributed by atoms with E-state index in [2.05, 4.69) is 4.98 Å². The lowest BCUT2D eigenvalue weighted by atomic mass is 9.84. The van der Waals surface area contributed by atoms with Crippen LogP contribution in [0.25, 0.3) is 10.9 Å². The summed E-state index contributed by atoms with van der Waals surface area (Å²) in [5, 5.41) is 10.6. The van der Waals surface area contributed by atoms with Crippen LogP contribution in [0.1, 0.15) is 42.5 Å². The average molecular weight is 312 g/mol. The number of likely N-dealkylation sites (tertiary alicyclic amines) is 1. The number of carboxylic acids is 1. The van der Waals surface area contributed by atoms with Gasteiger partial charge in [-0.1, -0.05) is 25.0 Å². The monoisotopic (exact) mass is 312 g/mol. The molecule has 5 heteroatoms. The van der Waals surface area contributed by atoms with Crippen molar-refractivity contribution in [3.8, 4) is 0 Å². The predicted molar refractivity (Wildman–Crippen MR) is 86.3 cm³/mol. The number of amides is 1. The highest BCUT2D eigenvalue weighted by Crippen LogP contribution is 2.40. The van der Waals surface area contributed by atoms with Crippen molar-refractivity contribution >= 4 is 22.8 Å². The predicted octanol–water partition coefficient (Wildman–Crippen LogP) is 3.03. The first kappa shape index (κ1) is 14.3. The molecule has 1 aromatic heterocycles. The zero-order valence-corrected chi connectivity index (χ0v) is 12.9. The Balaban J connectivity index is 1.75. The normalized spacial score (nSPS) is 27.1. The molecule has 120 valence electrons. The number of rotatable bonds is 2. The maximum Gasteiger partial charge on any atom is 0.326 e. The van der Waals surface area contributed by atoms with Gasteiger partial charge in [-0.15, -0.1) is 0 Å². The number of aromatic nitrogens is 1. The molecule has 0 radical (unpaired) electrons. The zero-order chi connectivity index (χ0) is 16.0. The van der Waals surface area contributed by atoms with E-state index in [0.717, 1.165) is 36.6 Å². The van der Waals surface area contributed by atoms with E-state index in [9.17, 15) is 14.7 Å². The Morgan fingerprint density at radius 3 is 2.83 bits per heavy atom. The highest BCUT2D eigenvalue weighted by molar-refractivity contribution is 6.07. The highest BCUT2D eigenvalue weighted by atomic mass is 16.4. The third-order valence-electron chi connectivity index (χ3n) is 5.43. The molecule has 2 N–H and O–H groups in total. The van der Waals surface area contributed by atoms with Crippen LogP contribution in [0.3, 0.4) is 0 Å². The maximum absolute atomic E-state index is 13.2. The van der Waals surface area contributed by atoms with Crippen molar-refractivity contribution < 1.29 is 14.7 Å². The number of carbonyl (C=O) groups excluding carboxylic acids is 1. The number of H-pyrrole nitrogens is 1. The molecule has 4 rings (SSSR count). The summed E-state index contributed by atoms with van der Waals surface area (Å²) in [6, 6.07) is 6.89. The zero-order valence-electron chi connectivity index (χ0n) is 12.9. The van der Waals surface area contributed by atoms with Crippen molar-refractivity contribution in [2.75, 3.05) is 0 Å². The average Bonchev–Trinajstić information content (AvgIpc) is 3.18. The molecule has 23 heavy (non-hydrogen) atoms. The minimum atomic E-state index is -0.883. The van der Waals surface area contributed by atoms with E-state index in [-0.39, 0.29) is 11.9 Å². The van der Waals surface area contributed by atoms with Crippen LogP contribution >= 0.6 is 0 Å². The van der Waals surface area contributed by atoms with Crippen molar-refractivity contribution in [2.45, 2.75) is 44.2 Å². The Labute approximate surface area is 134 Å². The largest absolute Gasteiger partial charge is 0.480 e.